The summed E-state index contributed by atoms with van der Waals surface area (Å²) in [5, 5.41) is 3.24. The highest BCUT2D eigenvalue weighted by molar-refractivity contribution is 5.95. The topological polar surface area (TPSA) is 63.1 Å². The second kappa shape index (κ2) is 9.87. The van der Waals surface area contributed by atoms with Crippen molar-refractivity contribution in [2.24, 2.45) is 0 Å². The summed E-state index contributed by atoms with van der Waals surface area (Å²) >= 11 is 0. The summed E-state index contributed by atoms with van der Waals surface area (Å²) in [6.45, 7) is 5.12. The SMILES string of the molecule is O=C(Cc1ccc(N2CCCC2=O)cc1)N[C@@H](C[NH+]1CCOCC1)c1ccccc1. The first kappa shape index (κ1) is 20.6. The van der Waals surface area contributed by atoms with Gasteiger partial charge in [-0.05, 0) is 29.7 Å². The quantitative estimate of drug-likeness (QED) is 0.722. The molecule has 2 aromatic rings. The summed E-state index contributed by atoms with van der Waals surface area (Å²) in [6, 6.07) is 17.9. The molecular formula is C24H30N3O3+. The third-order valence-electron chi connectivity index (χ3n) is 5.92. The van der Waals surface area contributed by atoms with Crippen LogP contribution in [0.3, 0.4) is 0 Å². The second-order valence-corrected chi connectivity index (χ2v) is 8.09. The highest BCUT2D eigenvalue weighted by atomic mass is 16.5. The van der Waals surface area contributed by atoms with Gasteiger partial charge in [-0.15, -0.1) is 0 Å². The van der Waals surface area contributed by atoms with E-state index in [0.717, 1.165) is 62.6 Å². The molecule has 0 aromatic heterocycles. The molecule has 2 aliphatic heterocycles. The van der Waals surface area contributed by atoms with E-state index in [0.29, 0.717) is 12.8 Å². The maximum Gasteiger partial charge on any atom is 0.227 e. The zero-order valence-corrected chi connectivity index (χ0v) is 17.3. The smallest absolute Gasteiger partial charge is 0.227 e. The first-order valence-corrected chi connectivity index (χ1v) is 10.8. The monoisotopic (exact) mass is 408 g/mol. The molecule has 2 heterocycles. The fourth-order valence-corrected chi connectivity index (χ4v) is 4.24. The minimum absolute atomic E-state index is 0.0153. The Labute approximate surface area is 177 Å². The molecule has 2 aliphatic rings. The van der Waals surface area contributed by atoms with Gasteiger partial charge in [0.15, 0.2) is 0 Å². The molecule has 2 fully saturated rings. The molecule has 2 amide bonds. The number of nitrogens with one attached hydrogen (secondary N) is 2. The molecule has 2 saturated heterocycles. The minimum atomic E-state index is -0.0201. The van der Waals surface area contributed by atoms with Crippen LogP contribution in [0.4, 0.5) is 5.69 Å². The highest BCUT2D eigenvalue weighted by Crippen LogP contribution is 2.22. The molecule has 0 aliphatic carbocycles. The summed E-state index contributed by atoms with van der Waals surface area (Å²) in [5.74, 6) is 0.193. The third-order valence-corrected chi connectivity index (χ3v) is 5.92. The van der Waals surface area contributed by atoms with Gasteiger partial charge in [0.25, 0.3) is 0 Å². The number of quaternary nitrogens is 1. The van der Waals surface area contributed by atoms with Gasteiger partial charge in [-0.3, -0.25) is 9.59 Å². The molecule has 6 nitrogen and oxygen atoms in total. The minimum Gasteiger partial charge on any atom is -0.370 e. The lowest BCUT2D eigenvalue weighted by atomic mass is 10.0. The van der Waals surface area contributed by atoms with Crippen molar-refractivity contribution in [1.82, 2.24) is 5.32 Å². The fourth-order valence-electron chi connectivity index (χ4n) is 4.24. The predicted octanol–water partition coefficient (Wildman–Crippen LogP) is 1.13. The van der Waals surface area contributed by atoms with Gasteiger partial charge in [0.2, 0.25) is 11.8 Å². The maximum absolute atomic E-state index is 12.8. The molecule has 0 bridgehead atoms. The lowest BCUT2D eigenvalue weighted by molar-refractivity contribution is -0.909. The van der Waals surface area contributed by atoms with Crippen LogP contribution in [0.1, 0.15) is 30.0 Å². The summed E-state index contributed by atoms with van der Waals surface area (Å²) in [4.78, 5) is 28.0. The molecule has 0 saturated carbocycles. The number of hydrogen-bond acceptors (Lipinski definition) is 3. The Hall–Kier alpha value is -2.70. The van der Waals surface area contributed by atoms with E-state index in [2.05, 4.69) is 17.4 Å². The molecule has 2 N–H and O–H groups in total. The number of benzene rings is 2. The van der Waals surface area contributed by atoms with Gasteiger partial charge in [0.1, 0.15) is 25.7 Å². The van der Waals surface area contributed by atoms with Crippen molar-refractivity contribution in [2.45, 2.75) is 25.3 Å². The van der Waals surface area contributed by atoms with Crippen molar-refractivity contribution in [3.63, 3.8) is 0 Å². The van der Waals surface area contributed by atoms with E-state index in [-0.39, 0.29) is 17.9 Å². The zero-order valence-electron chi connectivity index (χ0n) is 17.3. The molecule has 30 heavy (non-hydrogen) atoms. The van der Waals surface area contributed by atoms with Gasteiger partial charge < -0.3 is 19.9 Å². The number of ether oxygens (including phenoxy) is 1. The fraction of sp³-hybridized carbons (Fsp3) is 0.417. The second-order valence-electron chi connectivity index (χ2n) is 8.09. The van der Waals surface area contributed by atoms with Crippen molar-refractivity contribution in [2.75, 3.05) is 44.3 Å². The lowest BCUT2D eigenvalue weighted by Gasteiger charge is -2.28. The van der Waals surface area contributed by atoms with Crippen LogP contribution in [0.15, 0.2) is 54.6 Å². The number of anilines is 1. The number of rotatable bonds is 7. The van der Waals surface area contributed by atoms with Gasteiger partial charge in [-0.1, -0.05) is 42.5 Å². The number of carbonyl (C=O) groups excluding carboxylic acids is 2. The zero-order chi connectivity index (χ0) is 20.8. The Morgan fingerprint density at radius 3 is 2.47 bits per heavy atom. The van der Waals surface area contributed by atoms with Gasteiger partial charge in [-0.2, -0.15) is 0 Å². The average molecular weight is 409 g/mol. The van der Waals surface area contributed by atoms with Gasteiger partial charge in [-0.25, -0.2) is 0 Å². The van der Waals surface area contributed by atoms with Crippen LogP contribution in [-0.4, -0.2) is 51.2 Å². The number of morpholine rings is 1. The third kappa shape index (κ3) is 5.26. The van der Waals surface area contributed by atoms with E-state index >= 15 is 0 Å². The normalized spacial score (nSPS) is 18.4. The average Bonchev–Trinajstić information content (AvgIpc) is 3.21. The number of amides is 2. The van der Waals surface area contributed by atoms with Crippen LogP contribution in [-0.2, 0) is 20.7 Å². The van der Waals surface area contributed by atoms with Gasteiger partial charge in [0, 0.05) is 18.7 Å². The molecule has 158 valence electrons. The molecule has 4 rings (SSSR count). The van der Waals surface area contributed by atoms with Gasteiger partial charge in [0.05, 0.1) is 19.6 Å². The van der Waals surface area contributed by atoms with Crippen molar-refractivity contribution in [3.05, 3.63) is 65.7 Å². The summed E-state index contributed by atoms with van der Waals surface area (Å²) in [7, 11) is 0. The van der Waals surface area contributed by atoms with Crippen LogP contribution in [0.2, 0.25) is 0 Å². The standard InChI is InChI=1S/C24H29N3O3/c28-23(17-19-8-10-21(11-9-19)27-12-4-7-24(27)29)25-22(20-5-2-1-3-6-20)18-26-13-15-30-16-14-26/h1-3,5-6,8-11,22H,4,7,12-18H2,(H,25,28)/p+1/t22-/m0/s1. The molecule has 6 heteroatoms. The molecule has 2 aromatic carbocycles. The van der Waals surface area contributed by atoms with Crippen molar-refractivity contribution in [1.29, 1.82) is 0 Å². The first-order valence-electron chi connectivity index (χ1n) is 10.8. The van der Waals surface area contributed by atoms with Crippen molar-refractivity contribution < 1.29 is 19.2 Å². The highest BCUT2D eigenvalue weighted by Gasteiger charge is 2.24. The van der Waals surface area contributed by atoms with E-state index in [1.54, 1.807) is 0 Å². The Kier molecular flexibility index (Phi) is 6.77. The van der Waals surface area contributed by atoms with Crippen LogP contribution in [0.25, 0.3) is 0 Å². The van der Waals surface area contributed by atoms with E-state index < -0.39 is 0 Å². The Balaban J connectivity index is 1.38. The summed E-state index contributed by atoms with van der Waals surface area (Å²) < 4.78 is 5.47. The summed E-state index contributed by atoms with van der Waals surface area (Å²) in [6.07, 6.45) is 1.86. The first-order chi connectivity index (χ1) is 14.7. The van der Waals surface area contributed by atoms with E-state index in [1.165, 1.54) is 4.90 Å². The lowest BCUT2D eigenvalue weighted by Crippen LogP contribution is -3.14. The van der Waals surface area contributed by atoms with Crippen LogP contribution >= 0.6 is 0 Å². The molecule has 0 spiro atoms. The Morgan fingerprint density at radius 1 is 1.07 bits per heavy atom. The van der Waals surface area contributed by atoms with Crippen molar-refractivity contribution in [3.8, 4) is 0 Å². The van der Waals surface area contributed by atoms with E-state index in [9.17, 15) is 9.59 Å². The van der Waals surface area contributed by atoms with Crippen LogP contribution in [0.5, 0.6) is 0 Å². The maximum atomic E-state index is 12.8. The molecule has 0 radical (unpaired) electrons. The number of nitrogens with zero attached hydrogens (tertiary/aromatic N) is 1. The Morgan fingerprint density at radius 2 is 1.80 bits per heavy atom. The largest absolute Gasteiger partial charge is 0.370 e. The Bertz CT molecular complexity index is 848. The van der Waals surface area contributed by atoms with Crippen LogP contribution in [0, 0.1) is 0 Å². The van der Waals surface area contributed by atoms with Crippen molar-refractivity contribution >= 4 is 17.5 Å². The number of carbonyl (C=O) groups is 2. The summed E-state index contributed by atoms with van der Waals surface area (Å²) in [5.41, 5.74) is 3.00. The van der Waals surface area contributed by atoms with E-state index in [4.69, 9.17) is 4.74 Å². The molecular weight excluding hydrogens is 378 g/mol. The number of hydrogen-bond donors (Lipinski definition) is 2. The molecule has 0 unspecified atom stereocenters. The molecule has 1 atom stereocenters. The van der Waals surface area contributed by atoms with E-state index in [1.807, 2.05) is 47.4 Å². The van der Waals surface area contributed by atoms with Gasteiger partial charge >= 0.3 is 0 Å². The van der Waals surface area contributed by atoms with Crippen LogP contribution < -0.4 is 15.1 Å². The predicted molar refractivity (Wildman–Crippen MR) is 115 cm³/mol.